The fourth-order valence-corrected chi connectivity index (χ4v) is 3.87. The molecule has 0 bridgehead atoms. The maximum Gasteiger partial charge on any atom is 0.269 e. The van der Waals surface area contributed by atoms with Gasteiger partial charge in [0.05, 0.1) is 11.5 Å². The maximum atomic E-state index is 10.9. The lowest BCUT2D eigenvalue weighted by atomic mass is 9.89. The number of likely N-dealkylation sites (tertiary alicyclic amines) is 1. The molecule has 0 aromatic heterocycles. The van der Waals surface area contributed by atoms with Crippen LogP contribution in [0.2, 0.25) is 0 Å². The molecule has 6 nitrogen and oxygen atoms in total. The highest BCUT2D eigenvalue weighted by atomic mass is 16.7. The molecular formula is C17H20N2O4. The van der Waals surface area contributed by atoms with Gasteiger partial charge in [0.2, 0.25) is 0 Å². The quantitative estimate of drug-likeness (QED) is 0.620. The molecule has 0 amide bonds. The van der Waals surface area contributed by atoms with E-state index in [-0.39, 0.29) is 16.7 Å². The molecule has 3 atom stereocenters. The van der Waals surface area contributed by atoms with Gasteiger partial charge in [-0.25, -0.2) is 0 Å². The minimum atomic E-state index is -0.667. The van der Waals surface area contributed by atoms with E-state index in [4.69, 9.17) is 9.47 Å². The number of allylic oxidation sites excluding steroid dienone is 1. The monoisotopic (exact) mass is 316 g/mol. The summed E-state index contributed by atoms with van der Waals surface area (Å²) in [7, 11) is 2.11. The number of hydrogen-bond acceptors (Lipinski definition) is 5. The highest BCUT2D eigenvalue weighted by molar-refractivity contribution is 5.36. The van der Waals surface area contributed by atoms with Crippen LogP contribution < -0.4 is 0 Å². The normalized spacial score (nSPS) is 32.9. The molecule has 1 aliphatic carbocycles. The lowest BCUT2D eigenvalue weighted by Crippen LogP contribution is -2.34. The standard InChI is InChI=1S/C17H20N2O4/c1-18-8-6-12-5-7-17(10-15(12)18)22-11-16(23-17)13-3-2-4-14(9-13)19(20)21/h2-4,9-10,12,16H,5-8,11H2,1H3. The predicted molar refractivity (Wildman–Crippen MR) is 83.7 cm³/mol. The Morgan fingerprint density at radius 2 is 2.26 bits per heavy atom. The van der Waals surface area contributed by atoms with E-state index < -0.39 is 5.79 Å². The van der Waals surface area contributed by atoms with Crippen molar-refractivity contribution in [3.63, 3.8) is 0 Å². The molecule has 0 radical (unpaired) electrons. The molecule has 2 aliphatic heterocycles. The minimum absolute atomic E-state index is 0.0876. The van der Waals surface area contributed by atoms with E-state index in [1.165, 1.54) is 18.2 Å². The van der Waals surface area contributed by atoms with Gasteiger partial charge in [0.25, 0.3) is 5.69 Å². The molecule has 122 valence electrons. The average Bonchev–Trinajstić information content (AvgIpc) is 3.13. The second-order valence-corrected chi connectivity index (χ2v) is 6.60. The summed E-state index contributed by atoms with van der Waals surface area (Å²) in [5.41, 5.74) is 2.21. The van der Waals surface area contributed by atoms with Gasteiger partial charge in [-0.1, -0.05) is 12.1 Å². The van der Waals surface area contributed by atoms with Crippen molar-refractivity contribution in [3.8, 4) is 0 Å². The molecule has 23 heavy (non-hydrogen) atoms. The summed E-state index contributed by atoms with van der Waals surface area (Å²) in [6.07, 6.45) is 4.99. The van der Waals surface area contributed by atoms with Gasteiger partial charge in [-0.3, -0.25) is 10.1 Å². The summed E-state index contributed by atoms with van der Waals surface area (Å²) >= 11 is 0. The number of ether oxygens (including phenoxy) is 2. The maximum absolute atomic E-state index is 10.9. The summed E-state index contributed by atoms with van der Waals surface area (Å²) in [4.78, 5) is 12.8. The molecule has 1 aromatic rings. The first-order chi connectivity index (χ1) is 11.1. The smallest absolute Gasteiger partial charge is 0.269 e. The number of benzene rings is 1. The van der Waals surface area contributed by atoms with E-state index >= 15 is 0 Å². The van der Waals surface area contributed by atoms with Crippen molar-refractivity contribution in [1.29, 1.82) is 0 Å². The molecule has 3 unspecified atom stereocenters. The van der Waals surface area contributed by atoms with Crippen molar-refractivity contribution in [2.75, 3.05) is 20.2 Å². The van der Waals surface area contributed by atoms with Crippen molar-refractivity contribution in [2.45, 2.75) is 31.2 Å². The zero-order chi connectivity index (χ0) is 16.0. The number of fused-ring (bicyclic) bond motifs is 1. The molecule has 2 saturated heterocycles. The Bertz CT molecular complexity index is 674. The van der Waals surface area contributed by atoms with E-state index in [1.807, 2.05) is 6.07 Å². The van der Waals surface area contributed by atoms with E-state index in [9.17, 15) is 10.1 Å². The van der Waals surface area contributed by atoms with Gasteiger partial charge >= 0.3 is 0 Å². The van der Waals surface area contributed by atoms with Gasteiger partial charge < -0.3 is 14.4 Å². The van der Waals surface area contributed by atoms with E-state index in [0.29, 0.717) is 12.5 Å². The molecule has 1 spiro atoms. The molecule has 0 saturated carbocycles. The molecule has 4 rings (SSSR count). The van der Waals surface area contributed by atoms with Gasteiger partial charge in [-0.2, -0.15) is 0 Å². The van der Waals surface area contributed by atoms with E-state index in [2.05, 4.69) is 18.0 Å². The summed E-state index contributed by atoms with van der Waals surface area (Å²) < 4.78 is 12.2. The number of non-ortho nitro benzene ring substituents is 1. The molecule has 3 aliphatic rings. The van der Waals surface area contributed by atoms with Crippen LogP contribution in [0.15, 0.2) is 36.0 Å². The van der Waals surface area contributed by atoms with Crippen molar-refractivity contribution in [1.82, 2.24) is 4.90 Å². The SMILES string of the molecule is CN1CCC2CCC3(C=C21)OCC(c1cccc([N+](=O)[O-])c1)O3. The largest absolute Gasteiger partial charge is 0.378 e. The molecule has 0 N–H and O–H groups in total. The van der Waals surface area contributed by atoms with Crippen LogP contribution in [-0.2, 0) is 9.47 Å². The van der Waals surface area contributed by atoms with Crippen LogP contribution in [0.4, 0.5) is 5.69 Å². The Morgan fingerprint density at radius 3 is 3.09 bits per heavy atom. The molecule has 6 heteroatoms. The van der Waals surface area contributed by atoms with Crippen LogP contribution >= 0.6 is 0 Å². The first kappa shape index (κ1) is 14.7. The third kappa shape index (κ3) is 2.52. The Morgan fingerprint density at radius 1 is 1.39 bits per heavy atom. The highest BCUT2D eigenvalue weighted by Crippen LogP contribution is 2.46. The minimum Gasteiger partial charge on any atom is -0.378 e. The van der Waals surface area contributed by atoms with Gasteiger partial charge in [-0.05, 0) is 24.5 Å². The summed E-state index contributed by atoms with van der Waals surface area (Å²) in [6.45, 7) is 1.51. The Balaban J connectivity index is 1.57. The van der Waals surface area contributed by atoms with E-state index in [0.717, 1.165) is 24.9 Å². The number of nitro groups is 1. The van der Waals surface area contributed by atoms with Crippen LogP contribution in [0.1, 0.15) is 30.9 Å². The summed E-state index contributed by atoms with van der Waals surface area (Å²) in [5, 5.41) is 10.9. The van der Waals surface area contributed by atoms with Crippen molar-refractivity contribution < 1.29 is 14.4 Å². The second-order valence-electron chi connectivity index (χ2n) is 6.60. The number of nitro benzene ring substituents is 1. The zero-order valence-electron chi connectivity index (χ0n) is 13.1. The fourth-order valence-electron chi connectivity index (χ4n) is 3.87. The highest BCUT2D eigenvalue weighted by Gasteiger charge is 2.45. The van der Waals surface area contributed by atoms with Crippen LogP contribution in [0, 0.1) is 16.0 Å². The van der Waals surface area contributed by atoms with Crippen molar-refractivity contribution in [3.05, 3.63) is 51.7 Å². The van der Waals surface area contributed by atoms with Crippen molar-refractivity contribution in [2.24, 2.45) is 5.92 Å². The summed E-state index contributed by atoms with van der Waals surface area (Å²) in [5.74, 6) is -0.0469. The van der Waals surface area contributed by atoms with Crippen LogP contribution in [0.25, 0.3) is 0 Å². The van der Waals surface area contributed by atoms with Crippen LogP contribution in [0.3, 0.4) is 0 Å². The lowest BCUT2D eigenvalue weighted by Gasteiger charge is -2.33. The number of hydrogen-bond donors (Lipinski definition) is 0. The third-order valence-corrected chi connectivity index (χ3v) is 5.15. The van der Waals surface area contributed by atoms with Crippen molar-refractivity contribution >= 4 is 5.69 Å². The Kier molecular flexibility index (Phi) is 3.39. The van der Waals surface area contributed by atoms with Gasteiger partial charge in [-0.15, -0.1) is 0 Å². The van der Waals surface area contributed by atoms with E-state index in [1.54, 1.807) is 12.1 Å². The van der Waals surface area contributed by atoms with Crippen LogP contribution in [-0.4, -0.2) is 35.8 Å². The topological polar surface area (TPSA) is 64.8 Å². The average molecular weight is 316 g/mol. The fraction of sp³-hybridized carbons (Fsp3) is 0.529. The number of rotatable bonds is 2. The molecule has 1 aromatic carbocycles. The van der Waals surface area contributed by atoms with Gasteiger partial charge in [0.15, 0.2) is 5.79 Å². The Hall–Kier alpha value is -1.92. The Labute approximate surface area is 134 Å². The second kappa shape index (κ2) is 5.32. The molecule has 2 heterocycles. The third-order valence-electron chi connectivity index (χ3n) is 5.15. The summed E-state index contributed by atoms with van der Waals surface area (Å²) in [6, 6.07) is 6.63. The van der Waals surface area contributed by atoms with Gasteiger partial charge in [0.1, 0.15) is 6.10 Å². The zero-order valence-corrected chi connectivity index (χ0v) is 13.1. The predicted octanol–water partition coefficient (Wildman–Crippen LogP) is 3.01. The lowest BCUT2D eigenvalue weighted by molar-refractivity contribution is -0.385. The molecule has 2 fully saturated rings. The number of nitrogens with zero attached hydrogens (tertiary/aromatic N) is 2. The first-order valence-electron chi connectivity index (χ1n) is 8.06. The molecular weight excluding hydrogens is 296 g/mol. The van der Waals surface area contributed by atoms with Gasteiger partial charge in [0, 0.05) is 43.8 Å². The van der Waals surface area contributed by atoms with Crippen LogP contribution in [0.5, 0.6) is 0 Å². The first-order valence-corrected chi connectivity index (χ1v) is 8.06.